The molecule has 2 aromatic rings. The van der Waals surface area contributed by atoms with Crippen LogP contribution in [-0.4, -0.2) is 13.0 Å². The number of ether oxygens (including phenoxy) is 1. The van der Waals surface area contributed by atoms with E-state index in [-0.39, 0.29) is 5.91 Å². The zero-order valence-electron chi connectivity index (χ0n) is 10.8. The van der Waals surface area contributed by atoms with Gasteiger partial charge >= 0.3 is 0 Å². The zero-order chi connectivity index (χ0) is 14.5. The molecule has 1 amide bonds. The first kappa shape index (κ1) is 15.1. The van der Waals surface area contributed by atoms with Crippen LogP contribution in [0.2, 0.25) is 5.02 Å². The number of methoxy groups -OCH3 is 1. The summed E-state index contributed by atoms with van der Waals surface area (Å²) < 4.78 is 6.07. The van der Waals surface area contributed by atoms with Crippen LogP contribution in [0.15, 0.2) is 42.5 Å². The fourth-order valence-corrected chi connectivity index (χ4v) is 2.22. The molecule has 0 heterocycles. The van der Waals surface area contributed by atoms with Crippen LogP contribution >= 0.6 is 34.2 Å². The van der Waals surface area contributed by atoms with E-state index in [1.807, 2.05) is 30.3 Å². The van der Waals surface area contributed by atoms with Crippen LogP contribution in [0.1, 0.15) is 15.9 Å². The Bertz CT molecular complexity index is 631. The molecule has 0 unspecified atom stereocenters. The fourth-order valence-electron chi connectivity index (χ4n) is 1.70. The average Bonchev–Trinajstić information content (AvgIpc) is 2.47. The van der Waals surface area contributed by atoms with Gasteiger partial charge in [0.25, 0.3) is 5.91 Å². The largest absolute Gasteiger partial charge is 0.497 e. The zero-order valence-corrected chi connectivity index (χ0v) is 13.7. The van der Waals surface area contributed by atoms with Crippen LogP contribution in [0.3, 0.4) is 0 Å². The van der Waals surface area contributed by atoms with Crippen LogP contribution < -0.4 is 10.1 Å². The number of hydrogen-bond acceptors (Lipinski definition) is 2. The van der Waals surface area contributed by atoms with E-state index < -0.39 is 0 Å². The molecule has 3 nitrogen and oxygen atoms in total. The number of carbonyl (C=O) groups is 1. The Kier molecular flexibility index (Phi) is 5.25. The molecule has 0 atom stereocenters. The lowest BCUT2D eigenvalue weighted by Crippen LogP contribution is -2.22. The summed E-state index contributed by atoms with van der Waals surface area (Å²) in [5.41, 5.74) is 1.53. The van der Waals surface area contributed by atoms with Gasteiger partial charge in [0.15, 0.2) is 0 Å². The Balaban J connectivity index is 2.02. The molecular weight excluding hydrogens is 389 g/mol. The highest BCUT2D eigenvalue weighted by molar-refractivity contribution is 14.1. The summed E-state index contributed by atoms with van der Waals surface area (Å²) in [6.07, 6.45) is 0. The van der Waals surface area contributed by atoms with E-state index in [0.29, 0.717) is 17.1 Å². The molecule has 0 spiro atoms. The van der Waals surface area contributed by atoms with E-state index in [1.54, 1.807) is 19.2 Å². The second-order valence-electron chi connectivity index (χ2n) is 4.16. The summed E-state index contributed by atoms with van der Waals surface area (Å²) in [6.45, 7) is 0.444. The summed E-state index contributed by atoms with van der Waals surface area (Å²) in [7, 11) is 1.62. The number of nitrogens with one attached hydrogen (secondary N) is 1. The minimum atomic E-state index is -0.147. The Morgan fingerprint density at radius 3 is 2.80 bits per heavy atom. The highest BCUT2D eigenvalue weighted by atomic mass is 127. The van der Waals surface area contributed by atoms with Crippen molar-refractivity contribution >= 4 is 40.1 Å². The van der Waals surface area contributed by atoms with Crippen molar-refractivity contribution in [2.45, 2.75) is 6.54 Å². The topological polar surface area (TPSA) is 38.3 Å². The highest BCUT2D eigenvalue weighted by Gasteiger charge is 2.07. The standard InChI is InChI=1S/C15H13ClINO2/c1-20-12-4-2-3-10(7-12)9-18-15(19)11-5-6-14(17)13(16)8-11/h2-8H,9H2,1H3,(H,18,19). The van der Waals surface area contributed by atoms with Crippen molar-refractivity contribution in [3.63, 3.8) is 0 Å². The van der Waals surface area contributed by atoms with Gasteiger partial charge in [0.1, 0.15) is 5.75 Å². The first-order valence-corrected chi connectivity index (χ1v) is 7.42. The van der Waals surface area contributed by atoms with E-state index in [1.165, 1.54) is 0 Å². The Labute approximate surface area is 136 Å². The number of hydrogen-bond donors (Lipinski definition) is 1. The van der Waals surface area contributed by atoms with E-state index in [2.05, 4.69) is 27.9 Å². The van der Waals surface area contributed by atoms with Crippen LogP contribution in [0.4, 0.5) is 0 Å². The molecule has 0 bridgehead atoms. The molecule has 0 fully saturated rings. The quantitative estimate of drug-likeness (QED) is 0.790. The Hall–Kier alpha value is -1.27. The van der Waals surface area contributed by atoms with Gasteiger partial charge in [0.05, 0.1) is 12.1 Å². The molecule has 104 valence electrons. The predicted molar refractivity (Wildman–Crippen MR) is 88.3 cm³/mol. The van der Waals surface area contributed by atoms with Gasteiger partial charge in [-0.05, 0) is 58.5 Å². The molecule has 1 N–H and O–H groups in total. The second-order valence-corrected chi connectivity index (χ2v) is 5.73. The van der Waals surface area contributed by atoms with Gasteiger partial charge in [0, 0.05) is 15.7 Å². The minimum absolute atomic E-state index is 0.147. The van der Waals surface area contributed by atoms with Crippen molar-refractivity contribution in [2.75, 3.05) is 7.11 Å². The van der Waals surface area contributed by atoms with E-state index >= 15 is 0 Å². The van der Waals surface area contributed by atoms with Gasteiger partial charge in [-0.15, -0.1) is 0 Å². The summed E-state index contributed by atoms with van der Waals surface area (Å²) in [5, 5.41) is 3.44. The molecule has 0 aliphatic carbocycles. The van der Waals surface area contributed by atoms with Crippen molar-refractivity contribution in [2.24, 2.45) is 0 Å². The normalized spacial score (nSPS) is 10.2. The molecule has 5 heteroatoms. The first-order valence-electron chi connectivity index (χ1n) is 5.96. The van der Waals surface area contributed by atoms with Crippen LogP contribution in [-0.2, 0) is 6.54 Å². The highest BCUT2D eigenvalue weighted by Crippen LogP contribution is 2.19. The summed E-state index contributed by atoms with van der Waals surface area (Å²) in [5.74, 6) is 0.625. The van der Waals surface area contributed by atoms with E-state index in [4.69, 9.17) is 16.3 Å². The van der Waals surface area contributed by atoms with Crippen molar-refractivity contribution in [3.05, 3.63) is 62.2 Å². The van der Waals surface area contributed by atoms with Crippen molar-refractivity contribution < 1.29 is 9.53 Å². The fraction of sp³-hybridized carbons (Fsp3) is 0.133. The van der Waals surface area contributed by atoms with Crippen LogP contribution in [0.5, 0.6) is 5.75 Å². The molecule has 2 rings (SSSR count). The SMILES string of the molecule is COc1cccc(CNC(=O)c2ccc(I)c(Cl)c2)c1. The number of halogens is 2. The van der Waals surface area contributed by atoms with Gasteiger partial charge in [-0.2, -0.15) is 0 Å². The first-order chi connectivity index (χ1) is 9.60. The third-order valence-electron chi connectivity index (χ3n) is 2.77. The third-order valence-corrected chi connectivity index (χ3v) is 4.34. The molecule has 2 aromatic carbocycles. The third kappa shape index (κ3) is 3.86. The predicted octanol–water partition coefficient (Wildman–Crippen LogP) is 3.88. The number of benzene rings is 2. The number of amides is 1. The number of carbonyl (C=O) groups excluding carboxylic acids is 1. The van der Waals surface area contributed by atoms with Crippen molar-refractivity contribution in [1.82, 2.24) is 5.32 Å². The van der Waals surface area contributed by atoms with Gasteiger partial charge in [0.2, 0.25) is 0 Å². The monoisotopic (exact) mass is 401 g/mol. The Morgan fingerprint density at radius 2 is 2.10 bits per heavy atom. The van der Waals surface area contributed by atoms with Gasteiger partial charge in [-0.1, -0.05) is 23.7 Å². The lowest BCUT2D eigenvalue weighted by molar-refractivity contribution is 0.0951. The molecule has 0 aliphatic rings. The van der Waals surface area contributed by atoms with E-state index in [0.717, 1.165) is 14.9 Å². The number of rotatable bonds is 4. The Morgan fingerprint density at radius 1 is 1.30 bits per heavy atom. The second kappa shape index (κ2) is 6.95. The van der Waals surface area contributed by atoms with Gasteiger partial charge < -0.3 is 10.1 Å². The lowest BCUT2D eigenvalue weighted by Gasteiger charge is -2.07. The minimum Gasteiger partial charge on any atom is -0.497 e. The van der Waals surface area contributed by atoms with Crippen molar-refractivity contribution in [1.29, 1.82) is 0 Å². The molecule has 0 radical (unpaired) electrons. The maximum absolute atomic E-state index is 12.0. The molecule has 20 heavy (non-hydrogen) atoms. The molecule has 0 aromatic heterocycles. The van der Waals surface area contributed by atoms with Gasteiger partial charge in [-0.3, -0.25) is 4.79 Å². The molecule has 0 saturated heterocycles. The average molecular weight is 402 g/mol. The molecule has 0 saturated carbocycles. The van der Waals surface area contributed by atoms with Crippen molar-refractivity contribution in [3.8, 4) is 5.75 Å². The maximum atomic E-state index is 12.0. The smallest absolute Gasteiger partial charge is 0.251 e. The maximum Gasteiger partial charge on any atom is 0.251 e. The summed E-state index contributed by atoms with van der Waals surface area (Å²) >= 11 is 8.14. The van der Waals surface area contributed by atoms with Crippen LogP contribution in [0.25, 0.3) is 0 Å². The summed E-state index contributed by atoms with van der Waals surface area (Å²) in [6, 6.07) is 12.8. The molecule has 0 aliphatic heterocycles. The molecular formula is C15H13ClINO2. The van der Waals surface area contributed by atoms with E-state index in [9.17, 15) is 4.79 Å². The summed E-state index contributed by atoms with van der Waals surface area (Å²) in [4.78, 5) is 12.0. The van der Waals surface area contributed by atoms with Gasteiger partial charge in [-0.25, -0.2) is 0 Å². The van der Waals surface area contributed by atoms with Crippen LogP contribution in [0, 0.1) is 3.57 Å². The lowest BCUT2D eigenvalue weighted by atomic mass is 10.2.